The first-order chi connectivity index (χ1) is 13.9. The van der Waals surface area contributed by atoms with Gasteiger partial charge in [-0.15, -0.1) is 0 Å². The molecule has 0 unspecified atom stereocenters. The molecule has 0 aliphatic rings. The standard InChI is InChI=1S/C22H21Cl2N3O2/c1-13-18(11-25)17(15-4-6-16(29-2)7-5-15)10-21(27-13)22(28)26-12-14-3-8-19(23)20(24)9-14/h3-10H,11-12,25H2,1-2H3,(H,26,28). The van der Waals surface area contributed by atoms with E-state index < -0.39 is 0 Å². The number of benzene rings is 2. The summed E-state index contributed by atoms with van der Waals surface area (Å²) in [5, 5.41) is 3.79. The van der Waals surface area contributed by atoms with Crippen molar-refractivity contribution < 1.29 is 9.53 Å². The Labute approximate surface area is 179 Å². The molecule has 1 heterocycles. The van der Waals surface area contributed by atoms with E-state index in [0.29, 0.717) is 28.8 Å². The molecule has 0 aliphatic heterocycles. The van der Waals surface area contributed by atoms with Crippen LogP contribution in [0, 0.1) is 6.92 Å². The summed E-state index contributed by atoms with van der Waals surface area (Å²) >= 11 is 12.0. The average Bonchev–Trinajstić information content (AvgIpc) is 2.73. The molecule has 0 atom stereocenters. The lowest BCUT2D eigenvalue weighted by molar-refractivity contribution is 0.0945. The quantitative estimate of drug-likeness (QED) is 0.591. The zero-order chi connectivity index (χ0) is 21.0. The minimum absolute atomic E-state index is 0.280. The lowest BCUT2D eigenvalue weighted by Crippen LogP contribution is -2.24. The van der Waals surface area contributed by atoms with E-state index in [1.54, 1.807) is 25.3 Å². The zero-order valence-electron chi connectivity index (χ0n) is 16.1. The minimum atomic E-state index is -0.280. The van der Waals surface area contributed by atoms with Gasteiger partial charge in [0.05, 0.1) is 17.2 Å². The lowest BCUT2D eigenvalue weighted by atomic mass is 9.98. The van der Waals surface area contributed by atoms with E-state index in [9.17, 15) is 4.79 Å². The number of aryl methyl sites for hydroxylation is 1. The minimum Gasteiger partial charge on any atom is -0.497 e. The lowest BCUT2D eigenvalue weighted by Gasteiger charge is -2.14. The number of amides is 1. The van der Waals surface area contributed by atoms with Crippen LogP contribution in [0.5, 0.6) is 5.75 Å². The summed E-state index contributed by atoms with van der Waals surface area (Å²) in [5.41, 5.74) is 10.6. The van der Waals surface area contributed by atoms with Crippen molar-refractivity contribution in [1.29, 1.82) is 0 Å². The maximum absolute atomic E-state index is 12.7. The Kier molecular flexibility index (Phi) is 6.75. The Hall–Kier alpha value is -2.60. The highest BCUT2D eigenvalue weighted by atomic mass is 35.5. The van der Waals surface area contributed by atoms with E-state index in [1.165, 1.54) is 0 Å². The maximum Gasteiger partial charge on any atom is 0.270 e. The van der Waals surface area contributed by atoms with Crippen LogP contribution in [0.2, 0.25) is 10.0 Å². The van der Waals surface area contributed by atoms with Crippen LogP contribution >= 0.6 is 23.2 Å². The van der Waals surface area contributed by atoms with Crippen molar-refractivity contribution in [2.24, 2.45) is 5.73 Å². The Bertz CT molecular complexity index is 1040. The Morgan fingerprint density at radius 3 is 2.45 bits per heavy atom. The fraction of sp³-hybridized carbons (Fsp3) is 0.182. The molecular formula is C22H21Cl2N3O2. The van der Waals surface area contributed by atoms with Crippen molar-refractivity contribution >= 4 is 29.1 Å². The number of nitrogens with one attached hydrogen (secondary N) is 1. The Balaban J connectivity index is 1.87. The average molecular weight is 430 g/mol. The molecule has 3 rings (SSSR count). The number of aromatic nitrogens is 1. The van der Waals surface area contributed by atoms with Crippen LogP contribution in [0.3, 0.4) is 0 Å². The van der Waals surface area contributed by atoms with Gasteiger partial charge < -0.3 is 15.8 Å². The van der Waals surface area contributed by atoms with E-state index in [2.05, 4.69) is 10.3 Å². The van der Waals surface area contributed by atoms with Gasteiger partial charge in [0.2, 0.25) is 0 Å². The van der Waals surface area contributed by atoms with Crippen molar-refractivity contribution in [2.75, 3.05) is 7.11 Å². The van der Waals surface area contributed by atoms with Gasteiger partial charge in [0.1, 0.15) is 11.4 Å². The Morgan fingerprint density at radius 1 is 1.10 bits per heavy atom. The van der Waals surface area contributed by atoms with Gasteiger partial charge in [-0.2, -0.15) is 0 Å². The molecule has 3 N–H and O–H groups in total. The van der Waals surface area contributed by atoms with Crippen LogP contribution in [0.15, 0.2) is 48.5 Å². The number of hydrogen-bond acceptors (Lipinski definition) is 4. The van der Waals surface area contributed by atoms with Crippen molar-refractivity contribution in [2.45, 2.75) is 20.0 Å². The predicted molar refractivity (Wildman–Crippen MR) is 116 cm³/mol. The fourth-order valence-electron chi connectivity index (χ4n) is 3.02. The van der Waals surface area contributed by atoms with Gasteiger partial charge in [0, 0.05) is 18.8 Å². The number of nitrogens with two attached hydrogens (primary N) is 1. The van der Waals surface area contributed by atoms with E-state index in [-0.39, 0.29) is 5.91 Å². The number of halogens is 2. The molecule has 2 aromatic carbocycles. The zero-order valence-corrected chi connectivity index (χ0v) is 17.6. The van der Waals surface area contributed by atoms with Crippen LogP contribution in [-0.4, -0.2) is 18.0 Å². The Morgan fingerprint density at radius 2 is 1.83 bits per heavy atom. The van der Waals surface area contributed by atoms with Crippen molar-refractivity contribution in [3.05, 3.63) is 81.1 Å². The maximum atomic E-state index is 12.7. The summed E-state index contributed by atoms with van der Waals surface area (Å²) in [6.45, 7) is 2.49. The topological polar surface area (TPSA) is 77.2 Å². The largest absolute Gasteiger partial charge is 0.497 e. The normalized spacial score (nSPS) is 10.7. The van der Waals surface area contributed by atoms with Crippen LogP contribution in [-0.2, 0) is 13.1 Å². The van der Waals surface area contributed by atoms with E-state index in [1.807, 2.05) is 37.3 Å². The highest BCUT2D eigenvalue weighted by Crippen LogP contribution is 2.28. The molecule has 1 amide bonds. The van der Waals surface area contributed by atoms with Gasteiger partial charge in [0.25, 0.3) is 5.91 Å². The third-order valence-corrected chi connectivity index (χ3v) is 5.34. The summed E-state index contributed by atoms with van der Waals surface area (Å²) in [7, 11) is 1.62. The molecule has 5 nitrogen and oxygen atoms in total. The fourth-order valence-corrected chi connectivity index (χ4v) is 3.34. The van der Waals surface area contributed by atoms with Gasteiger partial charge in [-0.1, -0.05) is 41.4 Å². The van der Waals surface area contributed by atoms with Gasteiger partial charge in [-0.3, -0.25) is 4.79 Å². The molecule has 0 fully saturated rings. The first-order valence-electron chi connectivity index (χ1n) is 9.00. The molecule has 0 saturated heterocycles. The second-order valence-corrected chi connectivity index (χ2v) is 7.30. The number of rotatable bonds is 6. The van der Waals surface area contributed by atoms with Crippen molar-refractivity contribution in [3.63, 3.8) is 0 Å². The van der Waals surface area contributed by atoms with Crippen molar-refractivity contribution in [3.8, 4) is 16.9 Å². The van der Waals surface area contributed by atoms with E-state index in [0.717, 1.165) is 33.7 Å². The SMILES string of the molecule is COc1ccc(-c2cc(C(=O)NCc3ccc(Cl)c(Cl)c3)nc(C)c2CN)cc1. The summed E-state index contributed by atoms with van der Waals surface area (Å²) in [4.78, 5) is 17.2. The number of methoxy groups -OCH3 is 1. The number of ether oxygens (including phenoxy) is 1. The summed E-state index contributed by atoms with van der Waals surface area (Å²) in [6, 6.07) is 14.6. The highest BCUT2D eigenvalue weighted by molar-refractivity contribution is 6.42. The highest BCUT2D eigenvalue weighted by Gasteiger charge is 2.15. The van der Waals surface area contributed by atoms with Crippen LogP contribution in [0.4, 0.5) is 0 Å². The number of hydrogen-bond donors (Lipinski definition) is 2. The van der Waals surface area contributed by atoms with Gasteiger partial charge in [0.15, 0.2) is 0 Å². The van der Waals surface area contributed by atoms with Crippen LogP contribution in [0.25, 0.3) is 11.1 Å². The monoisotopic (exact) mass is 429 g/mol. The molecule has 1 aromatic heterocycles. The number of pyridine rings is 1. The number of nitrogens with zero attached hydrogens (tertiary/aromatic N) is 1. The van der Waals surface area contributed by atoms with Crippen LogP contribution in [0.1, 0.15) is 27.3 Å². The molecule has 150 valence electrons. The number of carbonyl (C=O) groups is 1. The van der Waals surface area contributed by atoms with Gasteiger partial charge in [-0.25, -0.2) is 4.98 Å². The summed E-state index contributed by atoms with van der Waals surface area (Å²) in [6.07, 6.45) is 0. The van der Waals surface area contributed by atoms with Gasteiger partial charge in [-0.05, 0) is 59.5 Å². The molecule has 0 bridgehead atoms. The molecule has 0 spiro atoms. The molecule has 0 aliphatic carbocycles. The first-order valence-corrected chi connectivity index (χ1v) is 9.75. The molecule has 3 aromatic rings. The second-order valence-electron chi connectivity index (χ2n) is 6.48. The van der Waals surface area contributed by atoms with E-state index in [4.69, 9.17) is 33.7 Å². The first kappa shape index (κ1) is 21.1. The molecule has 29 heavy (non-hydrogen) atoms. The molecule has 0 radical (unpaired) electrons. The summed E-state index contributed by atoms with van der Waals surface area (Å²) < 4.78 is 5.22. The molecular weight excluding hydrogens is 409 g/mol. The summed E-state index contributed by atoms with van der Waals surface area (Å²) in [5.74, 6) is 0.478. The molecule has 0 saturated carbocycles. The van der Waals surface area contributed by atoms with E-state index >= 15 is 0 Å². The number of carbonyl (C=O) groups excluding carboxylic acids is 1. The third-order valence-electron chi connectivity index (χ3n) is 4.61. The smallest absolute Gasteiger partial charge is 0.270 e. The van der Waals surface area contributed by atoms with Gasteiger partial charge >= 0.3 is 0 Å². The third kappa shape index (κ3) is 4.88. The van der Waals surface area contributed by atoms with Crippen molar-refractivity contribution in [1.82, 2.24) is 10.3 Å². The predicted octanol–water partition coefficient (Wildman–Crippen LogP) is 4.76. The molecule has 7 heteroatoms. The van der Waals surface area contributed by atoms with Crippen LogP contribution < -0.4 is 15.8 Å². The second kappa shape index (κ2) is 9.27.